The Balaban J connectivity index is 1.70. The lowest BCUT2D eigenvalue weighted by Gasteiger charge is -2.10. The van der Waals surface area contributed by atoms with E-state index < -0.39 is 16.3 Å². The number of amides is 1. The molecular formula is C19H24N2O6S. The zero-order valence-corrected chi connectivity index (χ0v) is 16.4. The number of rotatable bonds is 11. The summed E-state index contributed by atoms with van der Waals surface area (Å²) >= 11 is 0. The molecule has 0 heterocycles. The Morgan fingerprint density at radius 2 is 1.68 bits per heavy atom. The third-order valence-electron chi connectivity index (χ3n) is 3.62. The number of methoxy groups -OCH3 is 1. The Kier molecular flexibility index (Phi) is 8.73. The largest absolute Gasteiger partial charge is 0.491 e. The van der Waals surface area contributed by atoms with Gasteiger partial charge in [0.25, 0.3) is 0 Å². The molecule has 0 saturated carbocycles. The van der Waals surface area contributed by atoms with Gasteiger partial charge in [-0.05, 0) is 29.7 Å². The highest BCUT2D eigenvalue weighted by atomic mass is 32.2. The minimum Gasteiger partial charge on any atom is -0.491 e. The summed E-state index contributed by atoms with van der Waals surface area (Å²) in [4.78, 5) is 11.7. The minimum atomic E-state index is -3.98. The van der Waals surface area contributed by atoms with Gasteiger partial charge in [0.15, 0.2) is 0 Å². The fraction of sp³-hybridized carbons (Fsp3) is 0.316. The monoisotopic (exact) mass is 408 g/mol. The van der Waals surface area contributed by atoms with Gasteiger partial charge in [-0.1, -0.05) is 42.5 Å². The molecule has 0 aromatic heterocycles. The van der Waals surface area contributed by atoms with Crippen molar-refractivity contribution < 1.29 is 27.4 Å². The predicted octanol–water partition coefficient (Wildman–Crippen LogP) is 2.02. The van der Waals surface area contributed by atoms with E-state index in [1.807, 2.05) is 35.1 Å². The Labute approximate surface area is 165 Å². The van der Waals surface area contributed by atoms with Crippen molar-refractivity contribution in [3.8, 4) is 5.75 Å². The maximum atomic E-state index is 11.9. The smallest absolute Gasteiger partial charge is 0.422 e. The van der Waals surface area contributed by atoms with Gasteiger partial charge in [-0.15, -0.1) is 0 Å². The molecule has 2 N–H and O–H groups in total. The van der Waals surface area contributed by atoms with Crippen LogP contribution in [0.3, 0.4) is 0 Å². The standard InChI is InChI=1S/C19H24N2O6S/c1-25-13-14-26-18-9-7-17(8-10-18)15-27-19(22)21-28(23,24)20-12-11-16-5-3-2-4-6-16/h2-10,20H,11-15H2,1H3,(H,21,22). The number of hydrogen-bond donors (Lipinski definition) is 2. The SMILES string of the molecule is COCCOc1ccc(COC(=O)NS(=O)(=O)NCCc2ccccc2)cc1. The molecule has 0 radical (unpaired) electrons. The third-order valence-corrected chi connectivity index (χ3v) is 4.64. The molecule has 0 bridgehead atoms. The van der Waals surface area contributed by atoms with Crippen LogP contribution in [0.2, 0.25) is 0 Å². The van der Waals surface area contributed by atoms with Crippen LogP contribution in [0.4, 0.5) is 4.79 Å². The molecular weight excluding hydrogens is 384 g/mol. The highest BCUT2D eigenvalue weighted by Crippen LogP contribution is 2.12. The summed E-state index contributed by atoms with van der Waals surface area (Å²) in [6.07, 6.45) is -0.539. The van der Waals surface area contributed by atoms with E-state index in [1.165, 1.54) is 0 Å². The zero-order valence-electron chi connectivity index (χ0n) is 15.6. The molecule has 0 unspecified atom stereocenters. The van der Waals surface area contributed by atoms with Gasteiger partial charge < -0.3 is 14.2 Å². The second kappa shape index (κ2) is 11.3. The number of carbonyl (C=O) groups is 1. The number of ether oxygens (including phenoxy) is 3. The summed E-state index contributed by atoms with van der Waals surface area (Å²) in [5.41, 5.74) is 1.69. The van der Waals surface area contributed by atoms with Gasteiger partial charge >= 0.3 is 16.3 Å². The minimum absolute atomic E-state index is 0.0658. The molecule has 0 atom stereocenters. The summed E-state index contributed by atoms with van der Waals surface area (Å²) in [5.74, 6) is 0.662. The van der Waals surface area contributed by atoms with E-state index in [0.29, 0.717) is 30.9 Å². The highest BCUT2D eigenvalue weighted by molar-refractivity contribution is 7.88. The van der Waals surface area contributed by atoms with Gasteiger partial charge in [-0.2, -0.15) is 13.1 Å². The number of nitrogens with one attached hydrogen (secondary N) is 2. The molecule has 0 aliphatic rings. The predicted molar refractivity (Wildman–Crippen MR) is 104 cm³/mol. The van der Waals surface area contributed by atoms with Gasteiger partial charge in [0.2, 0.25) is 0 Å². The number of benzene rings is 2. The van der Waals surface area contributed by atoms with Gasteiger partial charge in [0.1, 0.15) is 19.0 Å². The van der Waals surface area contributed by atoms with Gasteiger partial charge in [0, 0.05) is 13.7 Å². The van der Waals surface area contributed by atoms with E-state index in [-0.39, 0.29) is 13.2 Å². The van der Waals surface area contributed by atoms with E-state index >= 15 is 0 Å². The van der Waals surface area contributed by atoms with E-state index in [0.717, 1.165) is 5.56 Å². The van der Waals surface area contributed by atoms with Crippen molar-refractivity contribution in [3.05, 3.63) is 65.7 Å². The average Bonchev–Trinajstić information content (AvgIpc) is 2.68. The second-order valence-corrected chi connectivity index (χ2v) is 7.30. The first kappa shape index (κ1) is 21.7. The topological polar surface area (TPSA) is 103 Å². The van der Waals surface area contributed by atoms with Crippen LogP contribution in [0.1, 0.15) is 11.1 Å². The number of hydrogen-bond acceptors (Lipinski definition) is 6. The summed E-state index contributed by atoms with van der Waals surface area (Å²) in [5, 5.41) is 0. The quantitative estimate of drug-likeness (QED) is 0.552. The van der Waals surface area contributed by atoms with Crippen LogP contribution in [0.25, 0.3) is 0 Å². The fourth-order valence-electron chi connectivity index (χ4n) is 2.22. The molecule has 0 fully saturated rings. The van der Waals surface area contributed by atoms with Crippen molar-refractivity contribution in [1.82, 2.24) is 9.44 Å². The Bertz CT molecular complexity index is 825. The van der Waals surface area contributed by atoms with Crippen molar-refractivity contribution >= 4 is 16.3 Å². The molecule has 152 valence electrons. The second-order valence-electron chi connectivity index (χ2n) is 5.80. The van der Waals surface area contributed by atoms with Crippen molar-refractivity contribution in [3.63, 3.8) is 0 Å². The molecule has 8 nitrogen and oxygen atoms in total. The lowest BCUT2D eigenvalue weighted by molar-refractivity contribution is 0.144. The first-order valence-corrected chi connectivity index (χ1v) is 10.2. The molecule has 2 rings (SSSR count). The van der Waals surface area contributed by atoms with E-state index in [2.05, 4.69) is 4.72 Å². The lowest BCUT2D eigenvalue weighted by Crippen LogP contribution is -2.41. The van der Waals surface area contributed by atoms with Crippen molar-refractivity contribution in [2.24, 2.45) is 0 Å². The van der Waals surface area contributed by atoms with E-state index in [1.54, 1.807) is 31.4 Å². The maximum absolute atomic E-state index is 11.9. The van der Waals surface area contributed by atoms with Crippen molar-refractivity contribution in [2.75, 3.05) is 26.9 Å². The first-order chi connectivity index (χ1) is 13.5. The highest BCUT2D eigenvalue weighted by Gasteiger charge is 2.14. The average molecular weight is 408 g/mol. The normalized spacial score (nSPS) is 11.0. The van der Waals surface area contributed by atoms with Gasteiger partial charge in [0.05, 0.1) is 6.61 Å². The molecule has 28 heavy (non-hydrogen) atoms. The van der Waals surface area contributed by atoms with E-state index in [9.17, 15) is 13.2 Å². The number of carbonyl (C=O) groups excluding carboxylic acids is 1. The van der Waals surface area contributed by atoms with Crippen LogP contribution in [0, 0.1) is 0 Å². The van der Waals surface area contributed by atoms with Crippen LogP contribution in [0.5, 0.6) is 5.75 Å². The Morgan fingerprint density at radius 1 is 0.964 bits per heavy atom. The molecule has 2 aromatic carbocycles. The van der Waals surface area contributed by atoms with Crippen LogP contribution in [-0.2, 0) is 32.7 Å². The summed E-state index contributed by atoms with van der Waals surface area (Å²) in [7, 11) is -2.39. The Hall–Kier alpha value is -2.62. The molecule has 1 amide bonds. The van der Waals surface area contributed by atoms with Crippen LogP contribution < -0.4 is 14.2 Å². The van der Waals surface area contributed by atoms with Crippen molar-refractivity contribution in [1.29, 1.82) is 0 Å². The maximum Gasteiger partial charge on any atom is 0.422 e. The molecule has 0 aliphatic heterocycles. The van der Waals surface area contributed by atoms with Gasteiger partial charge in [-0.25, -0.2) is 9.52 Å². The summed E-state index contributed by atoms with van der Waals surface area (Å²) < 4.78 is 43.1. The molecule has 2 aromatic rings. The molecule has 0 aliphatic carbocycles. The van der Waals surface area contributed by atoms with Crippen LogP contribution >= 0.6 is 0 Å². The molecule has 0 saturated heterocycles. The zero-order chi connectivity index (χ0) is 20.2. The lowest BCUT2D eigenvalue weighted by atomic mass is 10.2. The molecule has 9 heteroatoms. The first-order valence-electron chi connectivity index (χ1n) is 8.67. The van der Waals surface area contributed by atoms with Gasteiger partial charge in [-0.3, -0.25) is 0 Å². The fourth-order valence-corrected chi connectivity index (χ4v) is 2.94. The third kappa shape index (κ3) is 8.38. The summed E-state index contributed by atoms with van der Waals surface area (Å²) in [6.45, 7) is 1.02. The molecule has 0 spiro atoms. The van der Waals surface area contributed by atoms with Crippen LogP contribution in [-0.4, -0.2) is 41.4 Å². The van der Waals surface area contributed by atoms with Crippen molar-refractivity contribution in [2.45, 2.75) is 13.0 Å². The van der Waals surface area contributed by atoms with Crippen LogP contribution in [0.15, 0.2) is 54.6 Å². The van der Waals surface area contributed by atoms with E-state index in [4.69, 9.17) is 14.2 Å². The summed E-state index contributed by atoms with van der Waals surface area (Å²) in [6, 6.07) is 16.3. The Morgan fingerprint density at radius 3 is 2.36 bits per heavy atom.